The quantitative estimate of drug-likeness (QED) is 0.479. The molecule has 0 aliphatic carbocycles. The molecule has 62 valence electrons. The Labute approximate surface area is 65.7 Å². The van der Waals surface area contributed by atoms with Crippen LogP contribution in [0.4, 0.5) is 0 Å². The molecule has 1 atom stereocenters. The number of cyclic esters (lactones) is 1. The van der Waals surface area contributed by atoms with Crippen LogP contribution in [-0.2, 0) is 9.53 Å². The number of aliphatic hydroxyl groups excluding tert-OH is 1. The van der Waals surface area contributed by atoms with E-state index in [1.54, 1.807) is 6.08 Å². The summed E-state index contributed by atoms with van der Waals surface area (Å²) in [5.41, 5.74) is 0. The number of carbonyl (C=O) groups excluding carboxylic acids is 1. The Morgan fingerprint density at radius 2 is 2.36 bits per heavy atom. The normalized spacial score (nSPS) is 22.3. The van der Waals surface area contributed by atoms with Crippen molar-refractivity contribution < 1.29 is 14.6 Å². The summed E-state index contributed by atoms with van der Waals surface area (Å²) in [7, 11) is 0. The Hall–Kier alpha value is -0.830. The number of rotatable bonds is 4. The van der Waals surface area contributed by atoms with Crippen LogP contribution in [0.3, 0.4) is 0 Å². The van der Waals surface area contributed by atoms with Crippen molar-refractivity contribution >= 4 is 5.97 Å². The predicted molar refractivity (Wildman–Crippen MR) is 40.0 cm³/mol. The average Bonchev–Trinajstić information content (AvgIpc) is 2.37. The van der Waals surface area contributed by atoms with Gasteiger partial charge in [0.15, 0.2) is 0 Å². The molecule has 1 aliphatic heterocycles. The smallest absolute Gasteiger partial charge is 0.331 e. The van der Waals surface area contributed by atoms with Crippen LogP contribution in [0.15, 0.2) is 12.2 Å². The first kappa shape index (κ1) is 8.27. The van der Waals surface area contributed by atoms with Crippen molar-refractivity contribution in [2.45, 2.75) is 25.4 Å². The molecule has 0 aromatic carbocycles. The van der Waals surface area contributed by atoms with Crippen molar-refractivity contribution in [1.29, 1.82) is 0 Å². The van der Waals surface area contributed by atoms with Crippen molar-refractivity contribution in [1.82, 2.24) is 0 Å². The van der Waals surface area contributed by atoms with E-state index in [0.717, 1.165) is 19.3 Å². The molecule has 0 aromatic heterocycles. The second-order valence-corrected chi connectivity index (χ2v) is 2.55. The molecule has 11 heavy (non-hydrogen) atoms. The molecule has 0 unspecified atom stereocenters. The maximum Gasteiger partial charge on any atom is 0.331 e. The first-order valence-electron chi connectivity index (χ1n) is 3.82. The molecule has 0 amide bonds. The first-order valence-corrected chi connectivity index (χ1v) is 3.82. The second kappa shape index (κ2) is 4.13. The zero-order valence-corrected chi connectivity index (χ0v) is 6.32. The summed E-state index contributed by atoms with van der Waals surface area (Å²) in [5.74, 6) is -0.251. The van der Waals surface area contributed by atoms with Gasteiger partial charge >= 0.3 is 5.97 Å². The minimum atomic E-state index is -0.251. The number of aliphatic hydroxyl groups is 1. The van der Waals surface area contributed by atoms with Crippen molar-refractivity contribution in [3.63, 3.8) is 0 Å². The molecule has 1 heterocycles. The molecule has 0 fully saturated rings. The summed E-state index contributed by atoms with van der Waals surface area (Å²) in [4.78, 5) is 10.5. The van der Waals surface area contributed by atoms with Crippen molar-refractivity contribution in [3.8, 4) is 0 Å². The van der Waals surface area contributed by atoms with E-state index in [-0.39, 0.29) is 18.7 Å². The number of carbonyl (C=O) groups is 1. The minimum Gasteiger partial charge on any atom is -0.455 e. The van der Waals surface area contributed by atoms with Gasteiger partial charge in [-0.15, -0.1) is 0 Å². The van der Waals surface area contributed by atoms with Gasteiger partial charge in [0.05, 0.1) is 0 Å². The number of esters is 1. The third-order valence-corrected chi connectivity index (χ3v) is 1.61. The maximum atomic E-state index is 10.5. The zero-order chi connectivity index (χ0) is 8.10. The summed E-state index contributed by atoms with van der Waals surface area (Å²) in [6, 6.07) is 0. The van der Waals surface area contributed by atoms with Crippen LogP contribution in [0.2, 0.25) is 0 Å². The molecule has 0 radical (unpaired) electrons. The standard InChI is InChI=1S/C8H12O3/c9-6-2-1-3-7-4-5-8(10)11-7/h4-5,7,9H,1-3,6H2/t7-/m1/s1. The van der Waals surface area contributed by atoms with Crippen molar-refractivity contribution in [3.05, 3.63) is 12.2 Å². The highest BCUT2D eigenvalue weighted by molar-refractivity contribution is 5.84. The van der Waals surface area contributed by atoms with Crippen LogP contribution in [0.5, 0.6) is 0 Å². The lowest BCUT2D eigenvalue weighted by molar-refractivity contribution is -0.138. The van der Waals surface area contributed by atoms with E-state index in [1.807, 2.05) is 0 Å². The van der Waals surface area contributed by atoms with Gasteiger partial charge in [0.25, 0.3) is 0 Å². The highest BCUT2D eigenvalue weighted by atomic mass is 16.5. The summed E-state index contributed by atoms with van der Waals surface area (Å²) in [5, 5.41) is 8.47. The van der Waals surface area contributed by atoms with E-state index in [4.69, 9.17) is 9.84 Å². The van der Waals surface area contributed by atoms with Crippen molar-refractivity contribution in [2.24, 2.45) is 0 Å². The Kier molecular flexibility index (Phi) is 3.11. The molecular weight excluding hydrogens is 144 g/mol. The fraction of sp³-hybridized carbons (Fsp3) is 0.625. The fourth-order valence-electron chi connectivity index (χ4n) is 1.03. The van der Waals surface area contributed by atoms with E-state index in [0.29, 0.717) is 0 Å². The third kappa shape index (κ3) is 2.72. The molecule has 0 saturated carbocycles. The Balaban J connectivity index is 2.09. The lowest BCUT2D eigenvalue weighted by Gasteiger charge is -2.06. The maximum absolute atomic E-state index is 10.5. The monoisotopic (exact) mass is 156 g/mol. The highest BCUT2D eigenvalue weighted by Crippen LogP contribution is 2.11. The molecule has 1 rings (SSSR count). The van der Waals surface area contributed by atoms with Gasteiger partial charge in [-0.25, -0.2) is 4.79 Å². The summed E-state index contributed by atoms with van der Waals surface area (Å²) in [6.07, 6.45) is 5.67. The van der Waals surface area contributed by atoms with Crippen LogP contribution < -0.4 is 0 Å². The summed E-state index contributed by atoms with van der Waals surface area (Å²) < 4.78 is 4.88. The van der Waals surface area contributed by atoms with Crippen molar-refractivity contribution in [2.75, 3.05) is 6.61 Å². The molecule has 3 heteroatoms. The highest BCUT2D eigenvalue weighted by Gasteiger charge is 2.14. The predicted octanol–water partition coefficient (Wildman–Crippen LogP) is 0.631. The van der Waals surface area contributed by atoms with E-state index in [2.05, 4.69) is 0 Å². The van der Waals surface area contributed by atoms with E-state index < -0.39 is 0 Å². The largest absolute Gasteiger partial charge is 0.455 e. The topological polar surface area (TPSA) is 46.5 Å². The molecule has 0 saturated heterocycles. The van der Waals surface area contributed by atoms with Crippen LogP contribution >= 0.6 is 0 Å². The first-order chi connectivity index (χ1) is 5.33. The van der Waals surface area contributed by atoms with Gasteiger partial charge in [0, 0.05) is 12.7 Å². The van der Waals surface area contributed by atoms with Gasteiger partial charge in [-0.3, -0.25) is 0 Å². The average molecular weight is 156 g/mol. The van der Waals surface area contributed by atoms with Gasteiger partial charge in [0.2, 0.25) is 0 Å². The number of hydrogen-bond acceptors (Lipinski definition) is 3. The SMILES string of the molecule is O=C1C=C[C@@H](CCCCO)O1. The van der Waals surface area contributed by atoms with Gasteiger partial charge < -0.3 is 9.84 Å². The van der Waals surface area contributed by atoms with Gasteiger partial charge in [-0.2, -0.15) is 0 Å². The molecule has 1 aliphatic rings. The Bertz CT molecular complexity index is 163. The molecule has 0 bridgehead atoms. The molecule has 1 N–H and O–H groups in total. The third-order valence-electron chi connectivity index (χ3n) is 1.61. The Morgan fingerprint density at radius 1 is 1.55 bits per heavy atom. The summed E-state index contributed by atoms with van der Waals surface area (Å²) in [6.45, 7) is 0.213. The van der Waals surface area contributed by atoms with Crippen LogP contribution in [0.25, 0.3) is 0 Å². The fourth-order valence-corrected chi connectivity index (χ4v) is 1.03. The lowest BCUT2D eigenvalue weighted by Crippen LogP contribution is -2.07. The number of unbranched alkanes of at least 4 members (excludes halogenated alkanes) is 1. The van der Waals surface area contributed by atoms with E-state index in [1.165, 1.54) is 6.08 Å². The van der Waals surface area contributed by atoms with Gasteiger partial charge in [-0.05, 0) is 25.3 Å². The molecule has 0 aromatic rings. The van der Waals surface area contributed by atoms with Crippen LogP contribution in [-0.4, -0.2) is 23.8 Å². The van der Waals surface area contributed by atoms with E-state index in [9.17, 15) is 4.79 Å². The van der Waals surface area contributed by atoms with E-state index >= 15 is 0 Å². The summed E-state index contributed by atoms with van der Waals surface area (Å²) >= 11 is 0. The minimum absolute atomic E-state index is 0.0472. The molecular formula is C8H12O3. The van der Waals surface area contributed by atoms with Gasteiger partial charge in [-0.1, -0.05) is 0 Å². The van der Waals surface area contributed by atoms with Crippen LogP contribution in [0.1, 0.15) is 19.3 Å². The number of hydrogen-bond donors (Lipinski definition) is 1. The number of ether oxygens (including phenoxy) is 1. The molecule has 3 nitrogen and oxygen atoms in total. The zero-order valence-electron chi connectivity index (χ0n) is 6.32. The van der Waals surface area contributed by atoms with Crippen LogP contribution in [0, 0.1) is 0 Å². The Morgan fingerprint density at radius 3 is 2.91 bits per heavy atom. The second-order valence-electron chi connectivity index (χ2n) is 2.55. The lowest BCUT2D eigenvalue weighted by atomic mass is 10.1. The molecule has 0 spiro atoms. The van der Waals surface area contributed by atoms with Gasteiger partial charge in [0.1, 0.15) is 6.10 Å².